The molecule has 132 valence electrons. The molecule has 1 fully saturated rings. The maximum atomic E-state index is 12.3. The third kappa shape index (κ3) is 3.66. The summed E-state index contributed by atoms with van der Waals surface area (Å²) in [5.74, 6) is 0.823. The van der Waals surface area contributed by atoms with E-state index in [2.05, 4.69) is 11.5 Å². The highest BCUT2D eigenvalue weighted by molar-refractivity contribution is 7.88. The summed E-state index contributed by atoms with van der Waals surface area (Å²) in [6.45, 7) is 9.26. The Hall–Kier alpha value is -1.37. The first-order valence-corrected chi connectivity index (χ1v) is 10.2. The average Bonchev–Trinajstić information content (AvgIpc) is 2.66. The minimum absolute atomic E-state index is 0.383. The summed E-state index contributed by atoms with van der Waals surface area (Å²) in [5.41, 5.74) is 1.62. The van der Waals surface area contributed by atoms with Crippen LogP contribution < -0.4 is 4.74 Å². The molecule has 0 radical (unpaired) electrons. The van der Waals surface area contributed by atoms with Crippen LogP contribution in [0.15, 0.2) is 30.9 Å². The van der Waals surface area contributed by atoms with Gasteiger partial charge in [-0.25, -0.2) is 8.42 Å². The Bertz CT molecular complexity index is 722. The predicted molar refractivity (Wildman–Crippen MR) is 95.7 cm³/mol. The van der Waals surface area contributed by atoms with E-state index in [9.17, 15) is 8.42 Å². The number of likely N-dealkylation sites (tertiary alicyclic amines) is 1. The molecule has 2 heterocycles. The van der Waals surface area contributed by atoms with Crippen LogP contribution in [0.5, 0.6) is 5.75 Å². The highest BCUT2D eigenvalue weighted by Gasteiger charge is 2.42. The summed E-state index contributed by atoms with van der Waals surface area (Å²) in [7, 11) is -3.28. The largest absolute Gasteiger partial charge is 0.485 e. The second-order valence-electron chi connectivity index (χ2n) is 7.02. The Balaban J connectivity index is 1.93. The minimum Gasteiger partial charge on any atom is -0.485 e. The lowest BCUT2D eigenvalue weighted by atomic mass is 9.91. The van der Waals surface area contributed by atoms with Gasteiger partial charge in [-0.15, -0.1) is 6.58 Å². The van der Waals surface area contributed by atoms with E-state index in [0.717, 1.165) is 49.4 Å². The van der Waals surface area contributed by atoms with E-state index in [1.807, 2.05) is 31.2 Å². The molecule has 24 heavy (non-hydrogen) atoms. The predicted octanol–water partition coefficient (Wildman–Crippen LogP) is 2.17. The number of rotatable bonds is 3. The third-order valence-electron chi connectivity index (χ3n) is 4.98. The lowest BCUT2D eigenvalue weighted by molar-refractivity contribution is -0.00276. The van der Waals surface area contributed by atoms with E-state index in [-0.39, 0.29) is 0 Å². The lowest BCUT2D eigenvalue weighted by Gasteiger charge is -2.42. The van der Waals surface area contributed by atoms with Gasteiger partial charge in [0.05, 0.1) is 12.8 Å². The maximum Gasteiger partial charge on any atom is 0.211 e. The molecule has 0 aromatic heterocycles. The molecule has 5 nitrogen and oxygen atoms in total. The van der Waals surface area contributed by atoms with E-state index in [4.69, 9.17) is 4.74 Å². The first-order chi connectivity index (χ1) is 11.3. The van der Waals surface area contributed by atoms with Crippen molar-refractivity contribution in [3.63, 3.8) is 0 Å². The number of sulfonamides is 1. The zero-order valence-electron chi connectivity index (χ0n) is 14.5. The van der Waals surface area contributed by atoms with E-state index >= 15 is 0 Å². The number of nitrogens with zero attached hydrogens (tertiary/aromatic N) is 2. The van der Waals surface area contributed by atoms with Crippen LogP contribution in [0.2, 0.25) is 0 Å². The number of hydrogen-bond donors (Lipinski definition) is 0. The number of hydrogen-bond acceptors (Lipinski definition) is 4. The van der Waals surface area contributed by atoms with Gasteiger partial charge in [0.1, 0.15) is 11.4 Å². The minimum atomic E-state index is -3.28. The normalized spacial score (nSPS) is 21.8. The highest BCUT2D eigenvalue weighted by atomic mass is 32.2. The van der Waals surface area contributed by atoms with Gasteiger partial charge in [0.25, 0.3) is 0 Å². The van der Waals surface area contributed by atoms with E-state index in [1.165, 1.54) is 6.26 Å². The second-order valence-corrected chi connectivity index (χ2v) is 9.00. The zero-order chi connectivity index (χ0) is 17.4. The SMILES string of the molecule is C=CCN1CCC2(CC1)CN(S(C)(=O)=O)Cc1cc(C)ccc1O2. The Labute approximate surface area is 145 Å². The molecule has 3 rings (SSSR count). The first-order valence-electron chi connectivity index (χ1n) is 8.38. The van der Waals surface area contributed by atoms with Crippen LogP contribution in [0.4, 0.5) is 0 Å². The molecule has 1 aromatic carbocycles. The first kappa shape index (κ1) is 17.5. The fraction of sp³-hybridized carbons (Fsp3) is 0.556. The van der Waals surface area contributed by atoms with Gasteiger partial charge in [0, 0.05) is 44.6 Å². The molecule has 0 N–H and O–H groups in total. The Kier molecular flexibility index (Phi) is 4.73. The zero-order valence-corrected chi connectivity index (χ0v) is 15.3. The maximum absolute atomic E-state index is 12.3. The number of ether oxygens (including phenoxy) is 1. The number of fused-ring (bicyclic) bond motifs is 1. The molecule has 1 aromatic rings. The molecule has 0 aliphatic carbocycles. The third-order valence-corrected chi connectivity index (χ3v) is 6.17. The van der Waals surface area contributed by atoms with Crippen LogP contribution in [0.3, 0.4) is 0 Å². The second kappa shape index (κ2) is 6.50. The van der Waals surface area contributed by atoms with Crippen LogP contribution in [0.25, 0.3) is 0 Å². The summed E-state index contributed by atoms with van der Waals surface area (Å²) >= 11 is 0. The number of aryl methyl sites for hydroxylation is 1. The quantitative estimate of drug-likeness (QED) is 0.784. The van der Waals surface area contributed by atoms with Gasteiger partial charge in [-0.2, -0.15) is 4.31 Å². The van der Waals surface area contributed by atoms with Crippen molar-refractivity contribution in [1.82, 2.24) is 9.21 Å². The smallest absolute Gasteiger partial charge is 0.211 e. The molecule has 1 spiro atoms. The molecular weight excluding hydrogens is 324 g/mol. The van der Waals surface area contributed by atoms with E-state index in [1.54, 1.807) is 4.31 Å². The van der Waals surface area contributed by atoms with Crippen LogP contribution in [-0.4, -0.2) is 55.7 Å². The molecule has 0 saturated carbocycles. The summed E-state index contributed by atoms with van der Waals surface area (Å²) in [4.78, 5) is 2.33. The molecule has 6 heteroatoms. The molecule has 0 unspecified atom stereocenters. The van der Waals surface area contributed by atoms with Gasteiger partial charge in [-0.05, 0) is 13.0 Å². The lowest BCUT2D eigenvalue weighted by Crippen LogP contribution is -2.54. The van der Waals surface area contributed by atoms with Crippen molar-refractivity contribution in [2.75, 3.05) is 32.4 Å². The van der Waals surface area contributed by atoms with Crippen LogP contribution in [-0.2, 0) is 16.6 Å². The molecule has 2 aliphatic rings. The number of benzene rings is 1. The van der Waals surface area contributed by atoms with Gasteiger partial charge in [-0.3, -0.25) is 4.90 Å². The highest BCUT2D eigenvalue weighted by Crippen LogP contribution is 2.36. The average molecular weight is 350 g/mol. The van der Waals surface area contributed by atoms with Crippen LogP contribution >= 0.6 is 0 Å². The van der Waals surface area contributed by atoms with Gasteiger partial charge >= 0.3 is 0 Å². The Morgan fingerprint density at radius 3 is 2.67 bits per heavy atom. The van der Waals surface area contributed by atoms with Crippen molar-refractivity contribution >= 4 is 10.0 Å². The van der Waals surface area contributed by atoms with Gasteiger partial charge in [-0.1, -0.05) is 23.8 Å². The Morgan fingerprint density at radius 1 is 1.33 bits per heavy atom. The van der Waals surface area contributed by atoms with Crippen molar-refractivity contribution in [2.45, 2.75) is 31.9 Å². The summed E-state index contributed by atoms with van der Waals surface area (Å²) in [6, 6.07) is 6.03. The molecule has 0 atom stereocenters. The van der Waals surface area contributed by atoms with Crippen LogP contribution in [0.1, 0.15) is 24.0 Å². The van der Waals surface area contributed by atoms with Gasteiger partial charge < -0.3 is 4.74 Å². The van der Waals surface area contributed by atoms with Crippen molar-refractivity contribution < 1.29 is 13.2 Å². The van der Waals surface area contributed by atoms with Gasteiger partial charge in [0.15, 0.2) is 0 Å². The van der Waals surface area contributed by atoms with Crippen molar-refractivity contribution in [2.24, 2.45) is 0 Å². The van der Waals surface area contributed by atoms with Crippen molar-refractivity contribution in [3.05, 3.63) is 42.0 Å². The summed E-state index contributed by atoms with van der Waals surface area (Å²) in [6.07, 6.45) is 4.83. The number of piperidine rings is 1. The van der Waals surface area contributed by atoms with Crippen molar-refractivity contribution in [1.29, 1.82) is 0 Å². The molecule has 2 aliphatic heterocycles. The summed E-state index contributed by atoms with van der Waals surface area (Å²) in [5, 5.41) is 0. The fourth-order valence-electron chi connectivity index (χ4n) is 3.58. The summed E-state index contributed by atoms with van der Waals surface area (Å²) < 4.78 is 32.6. The molecule has 1 saturated heterocycles. The van der Waals surface area contributed by atoms with Crippen LogP contribution in [0, 0.1) is 6.92 Å². The monoisotopic (exact) mass is 350 g/mol. The standard InChI is InChI=1S/C18H26N2O3S/c1-4-9-19-10-7-18(8-11-19)14-20(24(3,21)22)13-16-12-15(2)5-6-17(16)23-18/h4-6,12H,1,7-11,13-14H2,2-3H3. The van der Waals surface area contributed by atoms with E-state index < -0.39 is 15.6 Å². The van der Waals surface area contributed by atoms with E-state index in [0.29, 0.717) is 13.1 Å². The Morgan fingerprint density at radius 2 is 2.04 bits per heavy atom. The van der Waals surface area contributed by atoms with Crippen molar-refractivity contribution in [3.8, 4) is 5.75 Å². The topological polar surface area (TPSA) is 49.9 Å². The molecule has 0 amide bonds. The molecular formula is C18H26N2O3S. The van der Waals surface area contributed by atoms with Gasteiger partial charge in [0.2, 0.25) is 10.0 Å². The fourth-order valence-corrected chi connectivity index (χ4v) is 4.43. The molecule has 0 bridgehead atoms.